The van der Waals surface area contributed by atoms with Crippen LogP contribution >= 0.6 is 0 Å². The first-order chi connectivity index (χ1) is 23.3. The van der Waals surface area contributed by atoms with E-state index < -0.39 is 45.9 Å². The third kappa shape index (κ3) is 9.63. The number of rotatable bonds is 16. The monoisotopic (exact) mass is 702 g/mol. The molecule has 5 N–H and O–H groups in total. The summed E-state index contributed by atoms with van der Waals surface area (Å²) in [5.74, 6) is 0.345. The van der Waals surface area contributed by atoms with Crippen molar-refractivity contribution >= 4 is 27.9 Å². The van der Waals surface area contributed by atoms with E-state index in [1.54, 1.807) is 0 Å². The number of unbranched alkanes of at least 4 members (excludes halogenated alkanes) is 1. The van der Waals surface area contributed by atoms with Crippen LogP contribution in [-0.4, -0.2) is 94.0 Å². The molecule has 0 spiro atoms. The van der Waals surface area contributed by atoms with Crippen LogP contribution in [0.1, 0.15) is 51.5 Å². The lowest BCUT2D eigenvalue weighted by atomic mass is 9.78. The Morgan fingerprint density at radius 2 is 1.80 bits per heavy atom. The summed E-state index contributed by atoms with van der Waals surface area (Å²) in [5, 5.41) is 17.1. The van der Waals surface area contributed by atoms with E-state index in [0.717, 1.165) is 18.4 Å². The predicted molar refractivity (Wildman–Crippen MR) is 182 cm³/mol. The van der Waals surface area contributed by atoms with Gasteiger partial charge in [-0.1, -0.05) is 44.2 Å². The zero-order valence-electron chi connectivity index (χ0n) is 28.5. The first kappa shape index (κ1) is 36.8. The van der Waals surface area contributed by atoms with Crippen LogP contribution < -0.4 is 16.4 Å². The third-order valence-corrected chi connectivity index (χ3v) is 11.5. The van der Waals surface area contributed by atoms with Gasteiger partial charge >= 0.3 is 12.2 Å². The number of alkyl carbamates (subject to hydrolysis) is 2. The number of hydrogen-bond acceptors (Lipinski definition) is 10. The van der Waals surface area contributed by atoms with Gasteiger partial charge in [0.05, 0.1) is 36.4 Å². The number of amides is 2. The smallest absolute Gasteiger partial charge is 0.407 e. The lowest BCUT2D eigenvalue weighted by Gasteiger charge is -2.37. The fourth-order valence-corrected chi connectivity index (χ4v) is 8.70. The van der Waals surface area contributed by atoms with Crippen molar-refractivity contribution in [3.05, 3.63) is 60.2 Å². The van der Waals surface area contributed by atoms with E-state index in [2.05, 4.69) is 10.6 Å². The molecule has 2 aromatic carbocycles. The molecule has 2 heterocycles. The second-order valence-corrected chi connectivity index (χ2v) is 16.1. The van der Waals surface area contributed by atoms with Crippen LogP contribution in [0.2, 0.25) is 0 Å². The highest BCUT2D eigenvalue weighted by atomic mass is 32.2. The summed E-state index contributed by atoms with van der Waals surface area (Å²) in [6.45, 7) is 4.41. The summed E-state index contributed by atoms with van der Waals surface area (Å²) in [5.41, 5.74) is 6.61. The Labute approximate surface area is 288 Å². The molecule has 1 aliphatic carbocycles. The Balaban J connectivity index is 1.32. The number of anilines is 1. The normalized spacial score (nSPS) is 24.3. The first-order valence-electron chi connectivity index (χ1n) is 17.0. The Hall–Kier alpha value is -3.43. The van der Waals surface area contributed by atoms with Crippen molar-refractivity contribution in [3.8, 4) is 0 Å². The van der Waals surface area contributed by atoms with Crippen molar-refractivity contribution in [2.45, 2.75) is 87.9 Å². The first-order valence-corrected chi connectivity index (χ1v) is 18.4. The zero-order chi connectivity index (χ0) is 35.2. The highest BCUT2D eigenvalue weighted by molar-refractivity contribution is 7.89. The number of nitrogen functional groups attached to an aromatic ring is 1. The summed E-state index contributed by atoms with van der Waals surface area (Å²) in [7, 11) is -2.61. The van der Waals surface area contributed by atoms with E-state index in [9.17, 15) is 23.1 Å². The largest absolute Gasteiger partial charge is 0.450 e. The molecule has 0 radical (unpaired) electrons. The molecule has 3 fully saturated rings. The van der Waals surface area contributed by atoms with E-state index in [1.165, 1.54) is 35.6 Å². The van der Waals surface area contributed by atoms with Gasteiger partial charge in [-0.2, -0.15) is 4.31 Å². The van der Waals surface area contributed by atoms with E-state index >= 15 is 0 Å². The van der Waals surface area contributed by atoms with Gasteiger partial charge in [-0.15, -0.1) is 0 Å². The molecule has 3 aliphatic rings. The fraction of sp³-hybridized carbons (Fsp3) is 0.600. The predicted octanol–water partition coefficient (Wildman–Crippen LogP) is 3.66. The van der Waals surface area contributed by atoms with Gasteiger partial charge in [-0.25, -0.2) is 18.0 Å². The third-order valence-electron chi connectivity index (χ3n) is 9.65. The molecule has 49 heavy (non-hydrogen) atoms. The Morgan fingerprint density at radius 3 is 2.51 bits per heavy atom. The SMILES string of the molecule is CNC(=O)OCCCCC(C)(C)CN(C[C@@H](O)[C@H](Cc1ccccc1)NC(=O)OC1C2COC3OC1CC3C2)S(=O)(=O)c1ccc(N)cc1. The number of carbonyl (C=O) groups excluding carboxylic acids is 2. The van der Waals surface area contributed by atoms with Crippen LogP contribution in [0.5, 0.6) is 0 Å². The molecule has 2 aromatic rings. The minimum absolute atomic E-state index is 0.0314. The van der Waals surface area contributed by atoms with Gasteiger partial charge < -0.3 is 40.4 Å². The Morgan fingerprint density at radius 1 is 1.06 bits per heavy atom. The summed E-state index contributed by atoms with van der Waals surface area (Å²) in [6, 6.07) is 14.4. The molecule has 2 amide bonds. The van der Waals surface area contributed by atoms with Gasteiger partial charge in [0.15, 0.2) is 6.29 Å². The Kier molecular flexibility index (Phi) is 12.1. The highest BCUT2D eigenvalue weighted by Crippen LogP contribution is 2.46. The van der Waals surface area contributed by atoms with E-state index in [0.29, 0.717) is 37.5 Å². The van der Waals surface area contributed by atoms with Crippen molar-refractivity contribution < 1.29 is 42.1 Å². The molecule has 0 aromatic heterocycles. The summed E-state index contributed by atoms with van der Waals surface area (Å²) in [4.78, 5) is 24.9. The molecule has 14 heteroatoms. The number of sulfonamides is 1. The van der Waals surface area contributed by atoms with Crippen LogP contribution in [-0.2, 0) is 35.4 Å². The van der Waals surface area contributed by atoms with E-state index in [1.807, 2.05) is 44.2 Å². The molecule has 5 unspecified atom stereocenters. The van der Waals surface area contributed by atoms with Gasteiger partial charge in [0.2, 0.25) is 10.0 Å². The van der Waals surface area contributed by atoms with E-state index in [-0.39, 0.29) is 49.3 Å². The molecule has 2 saturated heterocycles. The maximum absolute atomic E-state index is 14.1. The van der Waals surface area contributed by atoms with Gasteiger partial charge in [0, 0.05) is 37.7 Å². The zero-order valence-corrected chi connectivity index (χ0v) is 29.3. The van der Waals surface area contributed by atoms with Gasteiger partial charge in [0.25, 0.3) is 0 Å². The van der Waals surface area contributed by atoms with Crippen LogP contribution in [0.3, 0.4) is 0 Å². The van der Waals surface area contributed by atoms with Crippen LogP contribution in [0, 0.1) is 17.3 Å². The van der Waals surface area contributed by atoms with Crippen molar-refractivity contribution in [1.29, 1.82) is 0 Å². The number of fused-ring (bicyclic) bond motifs is 2. The Bertz CT molecular complexity index is 1500. The molecule has 5 rings (SSSR count). The average Bonchev–Trinajstić information content (AvgIpc) is 3.37. The van der Waals surface area contributed by atoms with Crippen molar-refractivity contribution in [2.24, 2.45) is 17.3 Å². The minimum atomic E-state index is -4.10. The number of aliphatic hydroxyl groups excluding tert-OH is 1. The standard InChI is InChI=1S/C35H50N4O9S/c1-35(2,15-7-8-16-45-33(41)37-3)22-39(49(43,44)27-13-11-26(36)12-14-27)20-29(40)28(17-23-9-5-4-6-10-23)38-34(42)48-31-25-18-24-19-30(31)47-32(24)46-21-25/h4-6,9-14,24-25,28-32,40H,7-8,15-22,36H2,1-3H3,(H,37,41)(H,38,42)/t24?,25?,28-,29+,30?,31?,32?/m0/s1. The molecular formula is C35H50N4O9S. The number of carbonyl (C=O) groups is 2. The number of nitrogens with one attached hydrogen (secondary N) is 2. The van der Waals surface area contributed by atoms with Crippen LogP contribution in [0.4, 0.5) is 15.3 Å². The van der Waals surface area contributed by atoms with Crippen LogP contribution in [0.15, 0.2) is 59.5 Å². The number of aliphatic hydroxyl groups is 1. The van der Waals surface area contributed by atoms with Gasteiger partial charge in [0.1, 0.15) is 6.10 Å². The number of benzene rings is 2. The number of nitrogens with zero attached hydrogens (tertiary/aromatic N) is 1. The minimum Gasteiger partial charge on any atom is -0.450 e. The van der Waals surface area contributed by atoms with Crippen molar-refractivity contribution in [2.75, 3.05) is 39.1 Å². The number of nitrogens with two attached hydrogens (primary N) is 1. The molecule has 3 bridgehead atoms. The molecule has 7 atom stereocenters. The molecule has 1 saturated carbocycles. The highest BCUT2D eigenvalue weighted by Gasteiger charge is 2.53. The fourth-order valence-electron chi connectivity index (χ4n) is 7.05. The second-order valence-electron chi connectivity index (χ2n) is 14.1. The maximum Gasteiger partial charge on any atom is 0.407 e. The summed E-state index contributed by atoms with van der Waals surface area (Å²) >= 11 is 0. The molecule has 13 nitrogen and oxygen atoms in total. The quantitative estimate of drug-likeness (QED) is 0.149. The van der Waals surface area contributed by atoms with Gasteiger partial charge in [-0.05, 0) is 73.8 Å². The molecule has 270 valence electrons. The van der Waals surface area contributed by atoms with Crippen LogP contribution in [0.25, 0.3) is 0 Å². The maximum atomic E-state index is 14.1. The molecular weight excluding hydrogens is 652 g/mol. The topological polar surface area (TPSA) is 179 Å². The van der Waals surface area contributed by atoms with Crippen molar-refractivity contribution in [1.82, 2.24) is 14.9 Å². The number of ether oxygens (including phenoxy) is 4. The lowest BCUT2D eigenvalue weighted by molar-refractivity contribution is -0.153. The average molecular weight is 703 g/mol. The number of hydrogen-bond donors (Lipinski definition) is 4. The summed E-state index contributed by atoms with van der Waals surface area (Å²) in [6.07, 6.45) is 0.334. The second kappa shape index (κ2) is 16.1. The van der Waals surface area contributed by atoms with Gasteiger partial charge in [-0.3, -0.25) is 0 Å². The summed E-state index contributed by atoms with van der Waals surface area (Å²) < 4.78 is 52.4. The lowest BCUT2D eigenvalue weighted by Crippen LogP contribution is -2.53. The molecule has 2 aliphatic heterocycles. The van der Waals surface area contributed by atoms with E-state index in [4.69, 9.17) is 24.7 Å². The van der Waals surface area contributed by atoms with Crippen molar-refractivity contribution in [3.63, 3.8) is 0 Å².